The van der Waals surface area contributed by atoms with Crippen molar-refractivity contribution in [3.8, 4) is 5.75 Å². The van der Waals surface area contributed by atoms with Crippen molar-refractivity contribution in [2.75, 3.05) is 20.2 Å². The van der Waals surface area contributed by atoms with Gasteiger partial charge < -0.3 is 4.74 Å². The molecule has 3 aromatic rings. The molecule has 8 heteroatoms. The Hall–Kier alpha value is -2.25. The number of pyridine rings is 1. The van der Waals surface area contributed by atoms with E-state index < -0.39 is 11.6 Å². The van der Waals surface area contributed by atoms with Gasteiger partial charge in [-0.05, 0) is 74.4 Å². The number of aromatic nitrogens is 3. The van der Waals surface area contributed by atoms with E-state index >= 15 is 0 Å². The number of hydrogen-bond acceptors (Lipinski definition) is 4. The van der Waals surface area contributed by atoms with Gasteiger partial charge in [-0.1, -0.05) is 11.6 Å². The molecule has 0 bridgehead atoms. The van der Waals surface area contributed by atoms with E-state index in [1.807, 2.05) is 16.7 Å². The van der Waals surface area contributed by atoms with Crippen molar-refractivity contribution in [2.24, 2.45) is 5.92 Å². The van der Waals surface area contributed by atoms with Crippen molar-refractivity contribution in [3.05, 3.63) is 58.0 Å². The van der Waals surface area contributed by atoms with Crippen LogP contribution < -0.4 is 4.74 Å². The molecule has 0 spiro atoms. The Morgan fingerprint density at radius 3 is 2.52 bits per heavy atom. The van der Waals surface area contributed by atoms with Gasteiger partial charge in [-0.15, -0.1) is 10.2 Å². The number of piperidine rings is 1. The Labute approximate surface area is 185 Å². The lowest BCUT2D eigenvalue weighted by molar-refractivity contribution is 0.201. The van der Waals surface area contributed by atoms with E-state index in [0.717, 1.165) is 55.7 Å². The lowest BCUT2D eigenvalue weighted by Crippen LogP contribution is -2.33. The van der Waals surface area contributed by atoms with Crippen LogP contribution in [0.5, 0.6) is 5.75 Å². The molecular weight excluding hydrogens is 422 g/mol. The second kappa shape index (κ2) is 8.36. The van der Waals surface area contributed by atoms with Gasteiger partial charge in [-0.25, -0.2) is 8.78 Å². The van der Waals surface area contributed by atoms with Crippen LogP contribution in [0.2, 0.25) is 5.02 Å². The number of hydrogen-bond donors (Lipinski definition) is 0. The lowest BCUT2D eigenvalue weighted by atomic mass is 9.88. The van der Waals surface area contributed by atoms with Gasteiger partial charge in [-0.3, -0.25) is 9.30 Å². The molecule has 0 amide bonds. The highest BCUT2D eigenvalue weighted by Crippen LogP contribution is 2.38. The summed E-state index contributed by atoms with van der Waals surface area (Å²) in [7, 11) is 1.38. The zero-order valence-corrected chi connectivity index (χ0v) is 18.2. The van der Waals surface area contributed by atoms with E-state index in [9.17, 15) is 8.78 Å². The average Bonchev–Trinajstić information content (AvgIpc) is 3.50. The number of benzene rings is 1. The van der Waals surface area contributed by atoms with E-state index in [4.69, 9.17) is 16.3 Å². The summed E-state index contributed by atoms with van der Waals surface area (Å²) in [5.74, 6) is 0.739. The molecule has 2 fully saturated rings. The van der Waals surface area contributed by atoms with Crippen LogP contribution in [-0.2, 0) is 13.0 Å². The van der Waals surface area contributed by atoms with Gasteiger partial charge in [0.05, 0.1) is 12.1 Å². The van der Waals surface area contributed by atoms with Crippen molar-refractivity contribution in [3.63, 3.8) is 0 Å². The Kier molecular flexibility index (Phi) is 5.56. The monoisotopic (exact) mass is 446 g/mol. The van der Waals surface area contributed by atoms with Crippen LogP contribution in [0.25, 0.3) is 5.65 Å². The van der Waals surface area contributed by atoms with Gasteiger partial charge in [0, 0.05) is 24.7 Å². The van der Waals surface area contributed by atoms with Gasteiger partial charge in [0.1, 0.15) is 11.6 Å². The van der Waals surface area contributed by atoms with Gasteiger partial charge >= 0.3 is 0 Å². The van der Waals surface area contributed by atoms with E-state index in [2.05, 4.69) is 15.1 Å². The first-order valence-corrected chi connectivity index (χ1v) is 11.2. The van der Waals surface area contributed by atoms with Crippen LogP contribution in [0, 0.1) is 17.6 Å². The molecule has 5 rings (SSSR count). The Morgan fingerprint density at radius 2 is 1.81 bits per heavy atom. The predicted molar refractivity (Wildman–Crippen MR) is 115 cm³/mol. The summed E-state index contributed by atoms with van der Waals surface area (Å²) in [5.41, 5.74) is 2.07. The quantitative estimate of drug-likeness (QED) is 0.534. The maximum atomic E-state index is 14.4. The minimum absolute atomic E-state index is 0.0285. The first kappa shape index (κ1) is 20.6. The number of rotatable bonds is 6. The molecule has 5 nitrogen and oxygen atoms in total. The fraction of sp³-hybridized carbons (Fsp3) is 0.478. The Morgan fingerprint density at radius 1 is 1.06 bits per heavy atom. The zero-order valence-electron chi connectivity index (χ0n) is 17.5. The molecule has 164 valence electrons. The van der Waals surface area contributed by atoms with Gasteiger partial charge in [0.25, 0.3) is 0 Å². The van der Waals surface area contributed by atoms with E-state index in [-0.39, 0.29) is 11.7 Å². The van der Waals surface area contributed by atoms with Crippen molar-refractivity contribution < 1.29 is 13.5 Å². The third kappa shape index (κ3) is 4.01. The molecule has 31 heavy (non-hydrogen) atoms. The molecule has 2 aromatic heterocycles. The molecule has 3 heterocycles. The molecule has 2 aliphatic rings. The van der Waals surface area contributed by atoms with Gasteiger partial charge in [0.2, 0.25) is 0 Å². The molecule has 1 saturated carbocycles. The second-order valence-corrected chi connectivity index (χ2v) is 9.02. The maximum absolute atomic E-state index is 14.4. The van der Waals surface area contributed by atoms with Crippen LogP contribution in [0.4, 0.5) is 8.78 Å². The number of fused-ring (bicyclic) bond motifs is 1. The van der Waals surface area contributed by atoms with Gasteiger partial charge in [0.15, 0.2) is 17.2 Å². The smallest absolute Gasteiger partial charge is 0.179 e. The summed E-state index contributed by atoms with van der Waals surface area (Å²) < 4.78 is 35.7. The molecular formula is C23H25ClF2N4O. The molecule has 0 radical (unpaired) electrons. The molecule has 1 saturated heterocycles. The average molecular weight is 447 g/mol. The van der Waals surface area contributed by atoms with Crippen molar-refractivity contribution >= 4 is 17.2 Å². The molecule has 0 N–H and O–H groups in total. The predicted octanol–water partition coefficient (Wildman–Crippen LogP) is 5.00. The minimum atomic E-state index is -0.518. The van der Waals surface area contributed by atoms with Crippen LogP contribution in [-0.4, -0.2) is 39.7 Å². The highest BCUT2D eigenvalue weighted by Gasteiger charge is 2.28. The zero-order chi connectivity index (χ0) is 21.5. The van der Waals surface area contributed by atoms with E-state index in [1.54, 1.807) is 0 Å². The third-order valence-electron chi connectivity index (χ3n) is 6.53. The lowest BCUT2D eigenvalue weighted by Gasteiger charge is -2.33. The summed E-state index contributed by atoms with van der Waals surface area (Å²) in [6.45, 7) is 2.23. The Bertz CT molecular complexity index is 1110. The Balaban J connectivity index is 1.28. The number of ether oxygens (including phenoxy) is 1. The maximum Gasteiger partial charge on any atom is 0.179 e. The van der Waals surface area contributed by atoms with E-state index in [0.29, 0.717) is 22.8 Å². The highest BCUT2D eigenvalue weighted by molar-refractivity contribution is 6.34. The molecule has 1 aliphatic carbocycles. The molecule has 0 unspecified atom stereocenters. The fourth-order valence-electron chi connectivity index (χ4n) is 4.61. The summed E-state index contributed by atoms with van der Waals surface area (Å²) >= 11 is 6.67. The highest BCUT2D eigenvalue weighted by atomic mass is 35.5. The van der Waals surface area contributed by atoms with Crippen molar-refractivity contribution in [1.82, 2.24) is 19.5 Å². The largest absolute Gasteiger partial charge is 0.493 e. The summed E-state index contributed by atoms with van der Waals surface area (Å²) in [5, 5.41) is 9.29. The summed E-state index contributed by atoms with van der Waals surface area (Å²) in [4.78, 5) is 2.29. The number of methoxy groups -OCH3 is 1. The molecule has 1 aromatic carbocycles. The number of likely N-dealkylation sites (tertiary alicyclic amines) is 1. The number of nitrogens with zero attached hydrogens (tertiary/aromatic N) is 4. The minimum Gasteiger partial charge on any atom is -0.493 e. The molecule has 1 aliphatic heterocycles. The first-order valence-electron chi connectivity index (χ1n) is 10.8. The van der Waals surface area contributed by atoms with Crippen molar-refractivity contribution in [1.29, 1.82) is 0 Å². The number of halogens is 3. The first-order chi connectivity index (χ1) is 15.0. The van der Waals surface area contributed by atoms with Crippen molar-refractivity contribution in [2.45, 2.75) is 44.6 Å². The third-order valence-corrected chi connectivity index (χ3v) is 6.94. The summed E-state index contributed by atoms with van der Waals surface area (Å²) in [6, 6.07) is 4.34. The summed E-state index contributed by atoms with van der Waals surface area (Å²) in [6.07, 6.45) is 6.95. The van der Waals surface area contributed by atoms with Crippen LogP contribution in [0.15, 0.2) is 24.4 Å². The normalized spacial score (nSPS) is 18.1. The second-order valence-electron chi connectivity index (χ2n) is 8.64. The topological polar surface area (TPSA) is 42.7 Å². The SMILES string of the molecule is COc1c(F)ccc(F)c1C1CCN(Cc2ccn3c(CC4CC4)nnc3c2Cl)CC1. The van der Waals surface area contributed by atoms with Crippen LogP contribution in [0.1, 0.15) is 48.6 Å². The van der Waals surface area contributed by atoms with Crippen LogP contribution >= 0.6 is 11.6 Å². The fourth-order valence-corrected chi connectivity index (χ4v) is 4.86. The van der Waals surface area contributed by atoms with E-state index in [1.165, 1.54) is 26.0 Å². The standard InChI is InChI=1S/C23H25ClF2N4O/c1-31-22-18(26)5-4-17(25)20(22)15-6-9-29(10-7-15)13-16-8-11-30-19(12-14-2-3-14)27-28-23(30)21(16)24/h4-5,8,11,14-15H,2-3,6-7,9-10,12-13H2,1H3. The molecule has 0 atom stereocenters. The van der Waals surface area contributed by atoms with Gasteiger partial charge in [-0.2, -0.15) is 0 Å². The van der Waals surface area contributed by atoms with Crippen LogP contribution in [0.3, 0.4) is 0 Å².